The first kappa shape index (κ1) is 18.9. The predicted octanol–water partition coefficient (Wildman–Crippen LogP) is 3.94. The number of nitrogen functional groups attached to an aromatic ring is 1. The fraction of sp³-hybridized carbons (Fsp3) is 0.261. The van der Waals surface area contributed by atoms with Crippen molar-refractivity contribution in [2.24, 2.45) is 0 Å². The number of nitrogens with two attached hydrogens (primary N) is 1. The molecular formula is C23H25N5O. The number of carbonyl (C=O) groups excluding carboxylic acids is 1. The van der Waals surface area contributed by atoms with Gasteiger partial charge in [-0.1, -0.05) is 55.8 Å². The summed E-state index contributed by atoms with van der Waals surface area (Å²) in [6.45, 7) is 3.33. The molecule has 0 saturated carbocycles. The predicted molar refractivity (Wildman–Crippen MR) is 117 cm³/mol. The molecule has 0 fully saturated rings. The summed E-state index contributed by atoms with van der Waals surface area (Å²) in [4.78, 5) is 22.4. The third-order valence-corrected chi connectivity index (χ3v) is 5.10. The molecule has 0 aliphatic rings. The quantitative estimate of drug-likeness (QED) is 0.470. The van der Waals surface area contributed by atoms with Crippen molar-refractivity contribution in [1.82, 2.24) is 19.9 Å². The van der Waals surface area contributed by atoms with Gasteiger partial charge in [0.1, 0.15) is 16.9 Å². The Kier molecular flexibility index (Phi) is 5.42. The van der Waals surface area contributed by atoms with Gasteiger partial charge in [0.15, 0.2) is 5.65 Å². The third kappa shape index (κ3) is 3.78. The average molecular weight is 387 g/mol. The lowest BCUT2D eigenvalue weighted by atomic mass is 10.1. The number of anilines is 1. The molecule has 2 heterocycles. The molecule has 148 valence electrons. The molecule has 0 radical (unpaired) electrons. The van der Waals surface area contributed by atoms with E-state index in [9.17, 15) is 4.79 Å². The van der Waals surface area contributed by atoms with Crippen LogP contribution in [0, 0.1) is 0 Å². The van der Waals surface area contributed by atoms with Gasteiger partial charge in [0.05, 0.1) is 11.0 Å². The molecule has 0 unspecified atom stereocenters. The normalized spacial score (nSPS) is 11.2. The van der Waals surface area contributed by atoms with Crippen LogP contribution in [0.3, 0.4) is 0 Å². The maximum atomic E-state index is 12.9. The second-order valence-electron chi connectivity index (χ2n) is 7.14. The van der Waals surface area contributed by atoms with Crippen molar-refractivity contribution in [1.29, 1.82) is 0 Å². The molecule has 0 aliphatic carbocycles. The lowest BCUT2D eigenvalue weighted by Gasteiger charge is -2.08. The van der Waals surface area contributed by atoms with Crippen LogP contribution in [-0.4, -0.2) is 27.0 Å². The van der Waals surface area contributed by atoms with Gasteiger partial charge in [-0.05, 0) is 30.5 Å². The van der Waals surface area contributed by atoms with E-state index in [4.69, 9.17) is 15.7 Å². The highest BCUT2D eigenvalue weighted by Crippen LogP contribution is 2.28. The average Bonchev–Trinajstić information content (AvgIpc) is 3.01. The van der Waals surface area contributed by atoms with Gasteiger partial charge in [0.25, 0.3) is 5.91 Å². The number of unbranched alkanes of at least 4 members (excludes halogenated alkanes) is 1. The van der Waals surface area contributed by atoms with Crippen molar-refractivity contribution in [3.8, 4) is 0 Å². The van der Waals surface area contributed by atoms with Crippen LogP contribution < -0.4 is 11.1 Å². The molecule has 4 aromatic rings. The Morgan fingerprint density at radius 2 is 1.72 bits per heavy atom. The second kappa shape index (κ2) is 8.31. The minimum Gasteiger partial charge on any atom is -0.384 e. The van der Waals surface area contributed by atoms with E-state index in [0.717, 1.165) is 30.3 Å². The monoisotopic (exact) mass is 387 g/mol. The zero-order valence-corrected chi connectivity index (χ0v) is 16.6. The van der Waals surface area contributed by atoms with Gasteiger partial charge >= 0.3 is 0 Å². The van der Waals surface area contributed by atoms with Crippen LogP contribution in [0.15, 0.2) is 54.6 Å². The van der Waals surface area contributed by atoms with Crippen LogP contribution in [-0.2, 0) is 13.0 Å². The van der Waals surface area contributed by atoms with Gasteiger partial charge in [0, 0.05) is 13.1 Å². The Balaban J connectivity index is 1.79. The number of fused-ring (bicyclic) bond motifs is 2. The number of nitrogens with zero attached hydrogens (tertiary/aromatic N) is 3. The van der Waals surface area contributed by atoms with Crippen LogP contribution in [0.2, 0.25) is 0 Å². The largest absolute Gasteiger partial charge is 0.384 e. The summed E-state index contributed by atoms with van der Waals surface area (Å²) < 4.78 is 1.91. The summed E-state index contributed by atoms with van der Waals surface area (Å²) in [7, 11) is 0. The van der Waals surface area contributed by atoms with Crippen LogP contribution in [0.25, 0.3) is 22.2 Å². The zero-order valence-electron chi connectivity index (χ0n) is 16.6. The molecule has 0 atom stereocenters. The molecule has 6 heteroatoms. The molecule has 1 amide bonds. The highest BCUT2D eigenvalue weighted by molar-refractivity contribution is 6.10. The minimum atomic E-state index is -0.191. The molecular weight excluding hydrogens is 362 g/mol. The van der Waals surface area contributed by atoms with Crippen LogP contribution in [0.1, 0.15) is 35.7 Å². The van der Waals surface area contributed by atoms with Crippen molar-refractivity contribution < 1.29 is 4.79 Å². The Morgan fingerprint density at radius 3 is 2.45 bits per heavy atom. The number of aromatic nitrogens is 3. The number of rotatable bonds is 7. The fourth-order valence-electron chi connectivity index (χ4n) is 3.52. The van der Waals surface area contributed by atoms with Gasteiger partial charge in [-0.2, -0.15) is 0 Å². The number of aryl methyl sites for hydroxylation is 2. The van der Waals surface area contributed by atoms with E-state index in [-0.39, 0.29) is 5.91 Å². The molecule has 0 aliphatic heterocycles. The number of hydrogen-bond donors (Lipinski definition) is 2. The summed E-state index contributed by atoms with van der Waals surface area (Å²) in [5.41, 5.74) is 10.8. The van der Waals surface area contributed by atoms with Crippen molar-refractivity contribution >= 4 is 33.9 Å². The van der Waals surface area contributed by atoms with Crippen molar-refractivity contribution in [3.05, 3.63) is 65.7 Å². The third-order valence-electron chi connectivity index (χ3n) is 5.10. The van der Waals surface area contributed by atoms with E-state index in [1.807, 2.05) is 47.0 Å². The number of hydrogen-bond acceptors (Lipinski definition) is 4. The number of para-hydroxylation sites is 2. The van der Waals surface area contributed by atoms with Crippen molar-refractivity contribution in [2.75, 3.05) is 12.3 Å². The molecule has 0 saturated heterocycles. The Hall–Kier alpha value is -3.41. The standard InChI is InChI=1S/C23H25N5O/c1-2-3-14-25-23(29)19-20-22(27-18-12-8-7-11-17(18)26-20)28(21(19)24)15-13-16-9-5-4-6-10-16/h4-12H,2-3,13-15,24H2,1H3,(H,25,29). The van der Waals surface area contributed by atoms with Gasteiger partial charge < -0.3 is 15.6 Å². The number of benzene rings is 2. The minimum absolute atomic E-state index is 0.191. The van der Waals surface area contributed by atoms with Gasteiger partial charge in [-0.15, -0.1) is 0 Å². The van der Waals surface area contributed by atoms with Crippen molar-refractivity contribution in [2.45, 2.75) is 32.7 Å². The van der Waals surface area contributed by atoms with Crippen LogP contribution in [0.4, 0.5) is 5.82 Å². The van der Waals surface area contributed by atoms with Crippen molar-refractivity contribution in [3.63, 3.8) is 0 Å². The molecule has 2 aromatic carbocycles. The van der Waals surface area contributed by atoms with E-state index in [2.05, 4.69) is 24.4 Å². The summed E-state index contributed by atoms with van der Waals surface area (Å²) in [5.74, 6) is 0.226. The molecule has 0 bridgehead atoms. The second-order valence-corrected chi connectivity index (χ2v) is 7.14. The number of carbonyl (C=O) groups is 1. The van der Waals surface area contributed by atoms with Crippen LogP contribution >= 0.6 is 0 Å². The van der Waals surface area contributed by atoms with E-state index in [0.29, 0.717) is 35.6 Å². The topological polar surface area (TPSA) is 85.8 Å². The molecule has 0 spiro atoms. The molecule has 29 heavy (non-hydrogen) atoms. The lowest BCUT2D eigenvalue weighted by molar-refractivity contribution is 0.0955. The molecule has 3 N–H and O–H groups in total. The Labute approximate surface area is 169 Å². The van der Waals surface area contributed by atoms with Crippen LogP contribution in [0.5, 0.6) is 0 Å². The highest BCUT2D eigenvalue weighted by Gasteiger charge is 2.23. The maximum Gasteiger partial charge on any atom is 0.257 e. The highest BCUT2D eigenvalue weighted by atomic mass is 16.1. The van der Waals surface area contributed by atoms with Gasteiger partial charge in [-0.3, -0.25) is 4.79 Å². The summed E-state index contributed by atoms with van der Waals surface area (Å²) in [5, 5.41) is 2.97. The molecule has 6 nitrogen and oxygen atoms in total. The maximum absolute atomic E-state index is 12.9. The van der Waals surface area contributed by atoms with E-state index in [1.165, 1.54) is 5.56 Å². The first-order valence-electron chi connectivity index (χ1n) is 10.1. The Bertz CT molecular complexity index is 1150. The summed E-state index contributed by atoms with van der Waals surface area (Å²) in [6, 6.07) is 17.9. The SMILES string of the molecule is CCCCNC(=O)c1c(N)n(CCc2ccccc2)c2nc3ccccc3nc12. The smallest absolute Gasteiger partial charge is 0.257 e. The van der Waals surface area contributed by atoms with E-state index < -0.39 is 0 Å². The van der Waals surface area contributed by atoms with Gasteiger partial charge in [0.2, 0.25) is 0 Å². The lowest BCUT2D eigenvalue weighted by Crippen LogP contribution is -2.25. The molecule has 4 rings (SSSR count). The fourth-order valence-corrected chi connectivity index (χ4v) is 3.52. The summed E-state index contributed by atoms with van der Waals surface area (Å²) >= 11 is 0. The zero-order chi connectivity index (χ0) is 20.2. The van der Waals surface area contributed by atoms with E-state index in [1.54, 1.807) is 0 Å². The first-order chi connectivity index (χ1) is 14.2. The number of nitrogens with one attached hydrogen (secondary N) is 1. The van der Waals surface area contributed by atoms with Gasteiger partial charge in [-0.25, -0.2) is 9.97 Å². The van der Waals surface area contributed by atoms with E-state index >= 15 is 0 Å². The first-order valence-corrected chi connectivity index (χ1v) is 10.1. The molecule has 2 aromatic heterocycles. The number of amides is 1. The Morgan fingerprint density at radius 1 is 1.03 bits per heavy atom. The summed E-state index contributed by atoms with van der Waals surface area (Å²) in [6.07, 6.45) is 2.73.